The van der Waals surface area contributed by atoms with E-state index in [0.717, 1.165) is 5.75 Å². The van der Waals surface area contributed by atoms with E-state index in [1.54, 1.807) is 13.3 Å². The van der Waals surface area contributed by atoms with E-state index < -0.39 is 0 Å². The van der Waals surface area contributed by atoms with Crippen LogP contribution in [0.25, 0.3) is 0 Å². The van der Waals surface area contributed by atoms with Crippen molar-refractivity contribution in [2.45, 2.75) is 32.9 Å². The van der Waals surface area contributed by atoms with Gasteiger partial charge in [0.1, 0.15) is 6.10 Å². The number of aromatic nitrogens is 2. The lowest BCUT2D eigenvalue weighted by Gasteiger charge is -2.11. The van der Waals surface area contributed by atoms with Crippen LogP contribution in [0.3, 0.4) is 0 Å². The van der Waals surface area contributed by atoms with Crippen molar-refractivity contribution in [1.82, 2.24) is 9.78 Å². The van der Waals surface area contributed by atoms with Gasteiger partial charge >= 0.3 is 0 Å². The van der Waals surface area contributed by atoms with E-state index in [2.05, 4.69) is 18.9 Å². The van der Waals surface area contributed by atoms with Crippen molar-refractivity contribution >= 4 is 0 Å². The first-order chi connectivity index (χ1) is 6.63. The van der Waals surface area contributed by atoms with Gasteiger partial charge < -0.3 is 9.47 Å². The Morgan fingerprint density at radius 1 is 1.43 bits per heavy atom. The summed E-state index contributed by atoms with van der Waals surface area (Å²) in [5, 5.41) is 4.18. The molecule has 0 amide bonds. The van der Waals surface area contributed by atoms with Gasteiger partial charge in [-0.3, -0.25) is 4.68 Å². The van der Waals surface area contributed by atoms with Crippen molar-refractivity contribution in [1.29, 1.82) is 0 Å². The first-order valence-electron chi connectivity index (χ1n) is 4.83. The predicted molar refractivity (Wildman–Crippen MR) is 54.6 cm³/mol. The fourth-order valence-electron chi connectivity index (χ4n) is 1.16. The van der Waals surface area contributed by atoms with Gasteiger partial charge in [-0.1, -0.05) is 0 Å². The molecule has 4 heteroatoms. The third kappa shape index (κ3) is 3.03. The Hall–Kier alpha value is -1.03. The number of hydrogen-bond acceptors (Lipinski definition) is 3. The van der Waals surface area contributed by atoms with Crippen molar-refractivity contribution in [2.24, 2.45) is 0 Å². The summed E-state index contributed by atoms with van der Waals surface area (Å²) in [6.45, 7) is 6.72. The Morgan fingerprint density at radius 3 is 2.64 bits per heavy atom. The number of rotatable bonds is 5. The monoisotopic (exact) mass is 198 g/mol. The zero-order valence-electron chi connectivity index (χ0n) is 9.23. The van der Waals surface area contributed by atoms with Crippen LogP contribution in [0.1, 0.15) is 26.8 Å². The molecule has 4 nitrogen and oxygen atoms in total. The first-order valence-corrected chi connectivity index (χ1v) is 4.83. The average molecular weight is 198 g/mol. The third-order valence-electron chi connectivity index (χ3n) is 1.85. The summed E-state index contributed by atoms with van der Waals surface area (Å²) >= 11 is 0. The molecular weight excluding hydrogens is 180 g/mol. The van der Waals surface area contributed by atoms with Gasteiger partial charge in [0.2, 0.25) is 0 Å². The van der Waals surface area contributed by atoms with E-state index >= 15 is 0 Å². The normalized spacial score (nSPS) is 13.2. The summed E-state index contributed by atoms with van der Waals surface area (Å²) in [6, 6.07) is 0.366. The summed E-state index contributed by atoms with van der Waals surface area (Å²) in [5.74, 6) is 0.795. The van der Waals surface area contributed by atoms with Gasteiger partial charge in [-0.25, -0.2) is 0 Å². The van der Waals surface area contributed by atoms with Crippen LogP contribution >= 0.6 is 0 Å². The molecule has 1 atom stereocenters. The Bertz CT molecular complexity index is 271. The molecule has 1 aromatic rings. The molecule has 80 valence electrons. The summed E-state index contributed by atoms with van der Waals surface area (Å²) in [5.41, 5.74) is 0. The molecule has 0 saturated heterocycles. The van der Waals surface area contributed by atoms with Crippen LogP contribution in [0.2, 0.25) is 0 Å². The minimum atomic E-state index is 0.0600. The molecule has 1 unspecified atom stereocenters. The highest BCUT2D eigenvalue weighted by molar-refractivity contribution is 5.12. The van der Waals surface area contributed by atoms with Gasteiger partial charge in [0.05, 0.1) is 19.0 Å². The van der Waals surface area contributed by atoms with Gasteiger partial charge in [-0.2, -0.15) is 5.10 Å². The fourth-order valence-corrected chi connectivity index (χ4v) is 1.16. The molecule has 14 heavy (non-hydrogen) atoms. The van der Waals surface area contributed by atoms with Gasteiger partial charge in [0, 0.05) is 13.2 Å². The minimum absolute atomic E-state index is 0.0600. The SMILES string of the molecule is COCC(C)Oc1cnn(C(C)C)c1. The zero-order chi connectivity index (χ0) is 10.6. The molecule has 0 fully saturated rings. The summed E-state index contributed by atoms with van der Waals surface area (Å²) in [4.78, 5) is 0. The molecule has 0 aliphatic rings. The van der Waals surface area contributed by atoms with Crippen LogP contribution in [0, 0.1) is 0 Å². The van der Waals surface area contributed by atoms with Crippen molar-refractivity contribution in [2.75, 3.05) is 13.7 Å². The Labute approximate surface area is 84.8 Å². The smallest absolute Gasteiger partial charge is 0.157 e. The molecule has 0 aliphatic carbocycles. The van der Waals surface area contributed by atoms with Gasteiger partial charge in [0.25, 0.3) is 0 Å². The van der Waals surface area contributed by atoms with Crippen molar-refractivity contribution in [3.05, 3.63) is 12.4 Å². The highest BCUT2D eigenvalue weighted by Gasteiger charge is 2.06. The maximum absolute atomic E-state index is 5.58. The summed E-state index contributed by atoms with van der Waals surface area (Å²) in [6.07, 6.45) is 3.69. The van der Waals surface area contributed by atoms with Crippen LogP contribution in [-0.2, 0) is 4.74 Å². The van der Waals surface area contributed by atoms with E-state index in [4.69, 9.17) is 9.47 Å². The van der Waals surface area contributed by atoms with Crippen LogP contribution in [0.15, 0.2) is 12.4 Å². The Balaban J connectivity index is 2.51. The second kappa shape index (κ2) is 5.00. The van der Waals surface area contributed by atoms with Gasteiger partial charge in [0.15, 0.2) is 5.75 Å². The maximum Gasteiger partial charge on any atom is 0.157 e. The standard InChI is InChI=1S/C10H18N2O2/c1-8(2)12-6-10(5-11-12)14-9(3)7-13-4/h5-6,8-9H,7H2,1-4H3. The number of hydrogen-bond donors (Lipinski definition) is 0. The molecular formula is C10H18N2O2. The molecule has 0 aromatic carbocycles. The molecule has 0 bridgehead atoms. The Morgan fingerprint density at radius 2 is 2.14 bits per heavy atom. The predicted octanol–water partition coefficient (Wildman–Crippen LogP) is 1.88. The molecule has 0 saturated carbocycles. The van der Waals surface area contributed by atoms with E-state index in [1.807, 2.05) is 17.8 Å². The van der Waals surface area contributed by atoms with E-state index in [-0.39, 0.29) is 6.10 Å². The van der Waals surface area contributed by atoms with Crippen LogP contribution in [0.5, 0.6) is 5.75 Å². The Kier molecular flexibility index (Phi) is 3.95. The first kappa shape index (κ1) is 11.0. The van der Waals surface area contributed by atoms with Crippen molar-refractivity contribution in [3.8, 4) is 5.75 Å². The highest BCUT2D eigenvalue weighted by atomic mass is 16.5. The van der Waals surface area contributed by atoms with Crippen LogP contribution in [0.4, 0.5) is 0 Å². The van der Waals surface area contributed by atoms with Crippen LogP contribution < -0.4 is 4.74 Å². The average Bonchev–Trinajstić information content (AvgIpc) is 2.53. The lowest BCUT2D eigenvalue weighted by atomic mass is 10.4. The van der Waals surface area contributed by atoms with E-state index in [0.29, 0.717) is 12.6 Å². The third-order valence-corrected chi connectivity index (χ3v) is 1.85. The largest absolute Gasteiger partial charge is 0.485 e. The fraction of sp³-hybridized carbons (Fsp3) is 0.700. The van der Waals surface area contributed by atoms with Crippen molar-refractivity contribution in [3.63, 3.8) is 0 Å². The van der Waals surface area contributed by atoms with E-state index in [1.165, 1.54) is 0 Å². The van der Waals surface area contributed by atoms with E-state index in [9.17, 15) is 0 Å². The molecule has 1 rings (SSSR count). The number of methoxy groups -OCH3 is 1. The van der Waals surface area contributed by atoms with Crippen LogP contribution in [-0.4, -0.2) is 29.6 Å². The minimum Gasteiger partial charge on any atom is -0.485 e. The second-order valence-electron chi connectivity index (χ2n) is 3.63. The molecule has 1 heterocycles. The maximum atomic E-state index is 5.58. The van der Waals surface area contributed by atoms with Gasteiger partial charge in [-0.05, 0) is 20.8 Å². The quantitative estimate of drug-likeness (QED) is 0.724. The summed E-state index contributed by atoms with van der Waals surface area (Å²) < 4.78 is 12.4. The number of nitrogens with zero attached hydrogens (tertiary/aromatic N) is 2. The molecule has 0 aliphatic heterocycles. The highest BCUT2D eigenvalue weighted by Crippen LogP contribution is 2.13. The lowest BCUT2D eigenvalue weighted by Crippen LogP contribution is -2.17. The topological polar surface area (TPSA) is 36.3 Å². The molecule has 0 N–H and O–H groups in total. The molecule has 0 radical (unpaired) electrons. The molecule has 0 spiro atoms. The van der Waals surface area contributed by atoms with Crippen molar-refractivity contribution < 1.29 is 9.47 Å². The summed E-state index contributed by atoms with van der Waals surface area (Å²) in [7, 11) is 1.66. The lowest BCUT2D eigenvalue weighted by molar-refractivity contribution is 0.0920. The zero-order valence-corrected chi connectivity index (χ0v) is 9.23. The second-order valence-corrected chi connectivity index (χ2v) is 3.63. The number of ether oxygens (including phenoxy) is 2. The molecule has 1 aromatic heterocycles. The van der Waals surface area contributed by atoms with Gasteiger partial charge in [-0.15, -0.1) is 0 Å².